The van der Waals surface area contributed by atoms with E-state index in [-0.39, 0.29) is 12.5 Å². The van der Waals surface area contributed by atoms with E-state index >= 15 is 0 Å². The molecule has 0 aliphatic heterocycles. The fraction of sp³-hybridized carbons (Fsp3) is 0.294. The van der Waals surface area contributed by atoms with Gasteiger partial charge in [-0.3, -0.25) is 10.2 Å². The number of fused-ring (bicyclic) bond motifs is 1. The van der Waals surface area contributed by atoms with Crippen molar-refractivity contribution in [1.29, 1.82) is 0 Å². The molecule has 7 heteroatoms. The molecule has 2 N–H and O–H groups in total. The summed E-state index contributed by atoms with van der Waals surface area (Å²) in [5.41, 5.74) is 5.27. The summed E-state index contributed by atoms with van der Waals surface area (Å²) in [6.07, 6.45) is 4.10. The van der Waals surface area contributed by atoms with E-state index in [1.54, 1.807) is 12.5 Å². The summed E-state index contributed by atoms with van der Waals surface area (Å²) in [4.78, 5) is 15.1. The lowest BCUT2D eigenvalue weighted by molar-refractivity contribution is -0.137. The van der Waals surface area contributed by atoms with Crippen LogP contribution in [0.2, 0.25) is 0 Å². The van der Waals surface area contributed by atoms with Crippen LogP contribution in [0.4, 0.5) is 5.13 Å². The molecule has 24 heavy (non-hydrogen) atoms. The van der Waals surface area contributed by atoms with Crippen molar-refractivity contribution in [3.05, 3.63) is 47.7 Å². The van der Waals surface area contributed by atoms with Gasteiger partial charge in [0, 0.05) is 36.0 Å². The quantitative estimate of drug-likeness (QED) is 0.601. The summed E-state index contributed by atoms with van der Waals surface area (Å²) in [5.74, 6) is -0.784. The number of carboxylic acid groups (broad SMARTS) is 1. The molecular weight excluding hydrogens is 326 g/mol. The minimum Gasteiger partial charge on any atom is -0.481 e. The van der Waals surface area contributed by atoms with Gasteiger partial charge < -0.3 is 9.52 Å². The summed E-state index contributed by atoms with van der Waals surface area (Å²) >= 11 is 1.51. The number of nitrogens with zero attached hydrogens (tertiary/aromatic N) is 2. The highest BCUT2D eigenvalue weighted by molar-refractivity contribution is 7.13. The van der Waals surface area contributed by atoms with Crippen LogP contribution in [0.1, 0.15) is 25.3 Å². The van der Waals surface area contributed by atoms with E-state index in [1.165, 1.54) is 11.3 Å². The SMILES string of the molecule is CC(CCC(=O)O)N(Cc1cccc2occc12)Nc1nccs1. The van der Waals surface area contributed by atoms with E-state index in [0.717, 1.165) is 21.7 Å². The molecule has 126 valence electrons. The highest BCUT2D eigenvalue weighted by Gasteiger charge is 2.18. The normalized spacial score (nSPS) is 12.6. The number of nitrogens with one attached hydrogen (secondary N) is 1. The van der Waals surface area contributed by atoms with E-state index in [9.17, 15) is 4.79 Å². The van der Waals surface area contributed by atoms with Crippen molar-refractivity contribution < 1.29 is 14.3 Å². The van der Waals surface area contributed by atoms with Gasteiger partial charge >= 0.3 is 5.97 Å². The van der Waals surface area contributed by atoms with Crippen LogP contribution in [0.15, 0.2) is 46.5 Å². The average Bonchev–Trinajstić information content (AvgIpc) is 3.23. The second-order valence-electron chi connectivity index (χ2n) is 5.61. The van der Waals surface area contributed by atoms with Crippen LogP contribution in [0.3, 0.4) is 0 Å². The van der Waals surface area contributed by atoms with Crippen molar-refractivity contribution in [3.63, 3.8) is 0 Å². The van der Waals surface area contributed by atoms with Gasteiger partial charge in [-0.25, -0.2) is 9.99 Å². The highest BCUT2D eigenvalue weighted by Crippen LogP contribution is 2.23. The number of carbonyl (C=O) groups is 1. The lowest BCUT2D eigenvalue weighted by Crippen LogP contribution is -2.37. The first-order chi connectivity index (χ1) is 11.6. The highest BCUT2D eigenvalue weighted by atomic mass is 32.1. The van der Waals surface area contributed by atoms with Crippen molar-refractivity contribution in [2.75, 3.05) is 5.43 Å². The molecule has 3 aromatic rings. The molecule has 3 rings (SSSR count). The van der Waals surface area contributed by atoms with Crippen LogP contribution < -0.4 is 5.43 Å². The number of thiazole rings is 1. The largest absolute Gasteiger partial charge is 0.481 e. The molecule has 1 aromatic carbocycles. The van der Waals surface area contributed by atoms with Gasteiger partial charge in [-0.1, -0.05) is 12.1 Å². The molecule has 0 bridgehead atoms. The van der Waals surface area contributed by atoms with Crippen molar-refractivity contribution in [2.45, 2.75) is 32.4 Å². The molecule has 1 unspecified atom stereocenters. The average molecular weight is 345 g/mol. The lowest BCUT2D eigenvalue weighted by atomic mass is 10.1. The lowest BCUT2D eigenvalue weighted by Gasteiger charge is -2.29. The molecule has 0 saturated carbocycles. The standard InChI is InChI=1S/C17H19N3O3S/c1-12(5-6-16(21)22)20(19-17-18-8-10-24-17)11-13-3-2-4-15-14(13)7-9-23-15/h2-4,7-10,12H,5-6,11H2,1H3,(H,18,19)(H,21,22). The van der Waals surface area contributed by atoms with Gasteiger partial charge in [-0.15, -0.1) is 11.3 Å². The van der Waals surface area contributed by atoms with Gasteiger partial charge in [0.05, 0.1) is 6.26 Å². The van der Waals surface area contributed by atoms with Gasteiger partial charge in [0.2, 0.25) is 0 Å². The molecule has 0 amide bonds. The first-order valence-electron chi connectivity index (χ1n) is 7.73. The Hall–Kier alpha value is -2.38. The zero-order valence-corrected chi connectivity index (χ0v) is 14.1. The number of hydrazine groups is 1. The first-order valence-corrected chi connectivity index (χ1v) is 8.61. The minimum absolute atomic E-state index is 0.0344. The number of hydrogen-bond donors (Lipinski definition) is 2. The van der Waals surface area contributed by atoms with E-state index in [1.807, 2.05) is 35.5 Å². The Morgan fingerprint density at radius 3 is 3.08 bits per heavy atom. The van der Waals surface area contributed by atoms with Crippen molar-refractivity contribution >= 4 is 33.4 Å². The molecule has 2 heterocycles. The maximum atomic E-state index is 10.9. The number of rotatable bonds is 8. The Morgan fingerprint density at radius 2 is 2.33 bits per heavy atom. The molecule has 2 aromatic heterocycles. The van der Waals surface area contributed by atoms with E-state index in [4.69, 9.17) is 9.52 Å². The van der Waals surface area contributed by atoms with Gasteiger partial charge in [-0.05, 0) is 31.0 Å². The van der Waals surface area contributed by atoms with Crippen LogP contribution in [-0.4, -0.2) is 27.1 Å². The predicted octanol–water partition coefficient (Wildman–Crippen LogP) is 3.97. The fourth-order valence-corrected chi connectivity index (χ4v) is 3.12. The summed E-state index contributed by atoms with van der Waals surface area (Å²) in [5, 5.41) is 14.7. The number of anilines is 1. The van der Waals surface area contributed by atoms with Crippen LogP contribution >= 0.6 is 11.3 Å². The topological polar surface area (TPSA) is 78.6 Å². The molecule has 1 atom stereocenters. The summed E-state index contributed by atoms with van der Waals surface area (Å²) < 4.78 is 5.46. The van der Waals surface area contributed by atoms with Crippen LogP contribution in [0, 0.1) is 0 Å². The third-order valence-corrected chi connectivity index (χ3v) is 4.58. The second-order valence-corrected chi connectivity index (χ2v) is 6.50. The summed E-state index contributed by atoms with van der Waals surface area (Å²) in [7, 11) is 0. The molecule has 0 spiro atoms. The summed E-state index contributed by atoms with van der Waals surface area (Å²) in [6, 6.07) is 7.94. The number of benzene rings is 1. The molecule has 0 radical (unpaired) electrons. The number of aliphatic carboxylic acids is 1. The molecule has 0 aliphatic rings. The first kappa shape index (κ1) is 16.5. The number of furan rings is 1. The van der Waals surface area contributed by atoms with Crippen LogP contribution in [0.25, 0.3) is 11.0 Å². The minimum atomic E-state index is -0.784. The smallest absolute Gasteiger partial charge is 0.303 e. The molecule has 0 saturated heterocycles. The Balaban J connectivity index is 1.80. The zero-order valence-electron chi connectivity index (χ0n) is 13.3. The molecular formula is C17H19N3O3S. The van der Waals surface area contributed by atoms with Crippen LogP contribution in [0.5, 0.6) is 0 Å². The fourth-order valence-electron chi connectivity index (χ4n) is 2.57. The van der Waals surface area contributed by atoms with Crippen molar-refractivity contribution in [1.82, 2.24) is 9.99 Å². The van der Waals surface area contributed by atoms with Gasteiger partial charge in [0.15, 0.2) is 5.13 Å². The van der Waals surface area contributed by atoms with Crippen molar-refractivity contribution in [3.8, 4) is 0 Å². The molecule has 0 aliphatic carbocycles. The van der Waals surface area contributed by atoms with E-state index in [0.29, 0.717) is 13.0 Å². The Morgan fingerprint density at radius 1 is 1.46 bits per heavy atom. The Kier molecular flexibility index (Phi) is 5.12. The third kappa shape index (κ3) is 3.93. The van der Waals surface area contributed by atoms with E-state index in [2.05, 4.69) is 16.5 Å². The molecule has 6 nitrogen and oxygen atoms in total. The Labute approximate surface area is 143 Å². The monoisotopic (exact) mass is 345 g/mol. The Bertz CT molecular complexity index is 800. The maximum Gasteiger partial charge on any atom is 0.303 e. The van der Waals surface area contributed by atoms with Gasteiger partial charge in [0.1, 0.15) is 5.58 Å². The van der Waals surface area contributed by atoms with E-state index < -0.39 is 5.97 Å². The summed E-state index contributed by atoms with van der Waals surface area (Å²) in [6.45, 7) is 2.64. The van der Waals surface area contributed by atoms with Crippen molar-refractivity contribution in [2.24, 2.45) is 0 Å². The zero-order chi connectivity index (χ0) is 16.9. The number of aromatic nitrogens is 1. The number of carboxylic acids is 1. The maximum absolute atomic E-state index is 10.9. The number of hydrogen-bond acceptors (Lipinski definition) is 6. The molecule has 0 fully saturated rings. The second kappa shape index (κ2) is 7.46. The van der Waals surface area contributed by atoms with Gasteiger partial charge in [-0.2, -0.15) is 0 Å². The van der Waals surface area contributed by atoms with Gasteiger partial charge in [0.25, 0.3) is 0 Å². The van der Waals surface area contributed by atoms with Crippen LogP contribution in [-0.2, 0) is 11.3 Å². The third-order valence-electron chi connectivity index (χ3n) is 3.91. The predicted molar refractivity (Wildman–Crippen MR) is 93.8 cm³/mol.